The van der Waals surface area contributed by atoms with E-state index >= 15 is 0 Å². The molecule has 168 valence electrons. The number of anilines is 1. The highest BCUT2D eigenvalue weighted by molar-refractivity contribution is 5.94. The lowest BCUT2D eigenvalue weighted by atomic mass is 10.1. The summed E-state index contributed by atoms with van der Waals surface area (Å²) in [7, 11) is 0. The number of rotatable bonds is 6. The molecule has 3 aromatic rings. The minimum atomic E-state index is 0.0201. The third-order valence-electron chi connectivity index (χ3n) is 5.49. The predicted molar refractivity (Wildman–Crippen MR) is 127 cm³/mol. The van der Waals surface area contributed by atoms with Gasteiger partial charge in [-0.05, 0) is 49.8 Å². The van der Waals surface area contributed by atoms with Gasteiger partial charge in [-0.3, -0.25) is 4.79 Å². The number of hydrogen-bond donors (Lipinski definition) is 0. The van der Waals surface area contributed by atoms with E-state index in [-0.39, 0.29) is 11.6 Å². The number of aryl methyl sites for hydroxylation is 1. The quantitative estimate of drug-likeness (QED) is 0.563. The number of ether oxygens (including phenoxy) is 1. The Morgan fingerprint density at radius 1 is 1.09 bits per heavy atom. The maximum absolute atomic E-state index is 12.8. The highest BCUT2D eigenvalue weighted by atomic mass is 16.5. The van der Waals surface area contributed by atoms with Crippen LogP contribution in [0.4, 0.5) is 5.88 Å². The summed E-state index contributed by atoms with van der Waals surface area (Å²) in [5, 5.41) is 9.54. The number of carbonyl (C=O) groups is 1. The molecule has 4 rings (SSSR count). The molecule has 0 aliphatic carbocycles. The van der Waals surface area contributed by atoms with E-state index in [1.165, 1.54) is 0 Å². The van der Waals surface area contributed by atoms with Gasteiger partial charge in [-0.1, -0.05) is 29.8 Å². The van der Waals surface area contributed by atoms with Gasteiger partial charge in [0.15, 0.2) is 0 Å². The first-order valence-corrected chi connectivity index (χ1v) is 11.0. The third kappa shape index (κ3) is 5.24. The molecule has 0 atom stereocenters. The Kier molecular flexibility index (Phi) is 6.75. The summed E-state index contributed by atoms with van der Waals surface area (Å²) in [5.74, 6) is 1.66. The molecule has 7 heteroatoms. The minimum Gasteiger partial charge on any atom is -0.494 e. The van der Waals surface area contributed by atoms with Crippen LogP contribution >= 0.6 is 0 Å². The lowest BCUT2D eigenvalue weighted by Crippen LogP contribution is -2.48. The molecule has 0 saturated carbocycles. The van der Waals surface area contributed by atoms with Gasteiger partial charge in [-0.25, -0.2) is 0 Å². The Morgan fingerprint density at radius 2 is 1.79 bits per heavy atom. The molecule has 0 N–H and O–H groups in total. The summed E-state index contributed by atoms with van der Waals surface area (Å²) < 4.78 is 11.4. The van der Waals surface area contributed by atoms with Crippen LogP contribution in [-0.2, 0) is 0 Å². The van der Waals surface area contributed by atoms with Crippen molar-refractivity contribution >= 4 is 23.9 Å². The van der Waals surface area contributed by atoms with E-state index in [1.807, 2.05) is 78.3 Å². The number of nitrogens with zero attached hydrogens (tertiary/aromatic N) is 4. The molecular formula is C26H26N4O3. The first-order chi connectivity index (χ1) is 16.1. The van der Waals surface area contributed by atoms with E-state index in [1.54, 1.807) is 6.08 Å². The lowest BCUT2D eigenvalue weighted by Gasteiger charge is -2.34. The summed E-state index contributed by atoms with van der Waals surface area (Å²) in [6.07, 6.45) is 3.63. The van der Waals surface area contributed by atoms with Crippen LogP contribution in [0.15, 0.2) is 52.9 Å². The Balaban J connectivity index is 1.41. The maximum atomic E-state index is 12.8. The Bertz CT molecular complexity index is 1170. The normalized spacial score (nSPS) is 13.8. The number of benzene rings is 2. The molecule has 0 bridgehead atoms. The van der Waals surface area contributed by atoms with Crippen LogP contribution in [0.2, 0.25) is 0 Å². The molecule has 1 amide bonds. The molecule has 1 fully saturated rings. The van der Waals surface area contributed by atoms with E-state index in [0.717, 1.165) is 16.9 Å². The fourth-order valence-electron chi connectivity index (χ4n) is 3.69. The molecule has 33 heavy (non-hydrogen) atoms. The topological polar surface area (TPSA) is 82.6 Å². The van der Waals surface area contributed by atoms with E-state index in [9.17, 15) is 10.1 Å². The lowest BCUT2D eigenvalue weighted by molar-refractivity contribution is 0.0745. The SMILES string of the molecule is CCOc1ccc(/C=C/c2nc(C#N)c(N3CCN(C(=O)c4ccc(C)cc4)CC3)o2)cc1. The van der Waals surface area contributed by atoms with Crippen molar-refractivity contribution in [3.05, 3.63) is 76.8 Å². The molecule has 2 aromatic carbocycles. The number of carbonyl (C=O) groups excluding carboxylic acids is 1. The third-order valence-corrected chi connectivity index (χ3v) is 5.49. The monoisotopic (exact) mass is 442 g/mol. The van der Waals surface area contributed by atoms with Gasteiger partial charge in [0.25, 0.3) is 5.91 Å². The second-order valence-corrected chi connectivity index (χ2v) is 7.80. The van der Waals surface area contributed by atoms with Crippen molar-refractivity contribution in [1.29, 1.82) is 5.26 Å². The number of amides is 1. The van der Waals surface area contributed by atoms with Crippen LogP contribution < -0.4 is 9.64 Å². The van der Waals surface area contributed by atoms with Gasteiger partial charge in [0.1, 0.15) is 11.8 Å². The van der Waals surface area contributed by atoms with Gasteiger partial charge in [0.05, 0.1) is 6.61 Å². The van der Waals surface area contributed by atoms with Crippen LogP contribution in [0.5, 0.6) is 5.75 Å². The first-order valence-electron chi connectivity index (χ1n) is 11.0. The standard InChI is InChI=1S/C26H26N4O3/c1-3-32-22-11-6-20(7-12-22)8-13-24-28-23(18-27)26(33-24)30-16-14-29(15-17-30)25(31)21-9-4-19(2)5-10-21/h4-13H,3,14-17H2,1-2H3/b13-8+. The molecule has 1 aliphatic heterocycles. The van der Waals surface area contributed by atoms with Crippen LogP contribution in [0.25, 0.3) is 12.2 Å². The minimum absolute atomic E-state index is 0.0201. The average molecular weight is 443 g/mol. The molecule has 0 unspecified atom stereocenters. The van der Waals surface area contributed by atoms with E-state index in [4.69, 9.17) is 9.15 Å². The largest absolute Gasteiger partial charge is 0.494 e. The Morgan fingerprint density at radius 3 is 2.42 bits per heavy atom. The van der Waals surface area contributed by atoms with Crippen LogP contribution in [0.3, 0.4) is 0 Å². The summed E-state index contributed by atoms with van der Waals surface area (Å²) >= 11 is 0. The summed E-state index contributed by atoms with van der Waals surface area (Å²) in [6.45, 7) is 6.82. The van der Waals surface area contributed by atoms with Crippen molar-refractivity contribution < 1.29 is 13.9 Å². The highest BCUT2D eigenvalue weighted by Gasteiger charge is 2.26. The number of nitriles is 1. The fourth-order valence-corrected chi connectivity index (χ4v) is 3.69. The molecule has 1 aromatic heterocycles. The highest BCUT2D eigenvalue weighted by Crippen LogP contribution is 2.25. The van der Waals surface area contributed by atoms with E-state index in [2.05, 4.69) is 11.1 Å². The maximum Gasteiger partial charge on any atom is 0.253 e. The van der Waals surface area contributed by atoms with Gasteiger partial charge in [-0.15, -0.1) is 0 Å². The zero-order chi connectivity index (χ0) is 23.2. The molecule has 1 saturated heterocycles. The van der Waals surface area contributed by atoms with Crippen molar-refractivity contribution in [2.24, 2.45) is 0 Å². The molecule has 7 nitrogen and oxygen atoms in total. The number of oxazole rings is 1. The number of aromatic nitrogens is 1. The zero-order valence-corrected chi connectivity index (χ0v) is 18.8. The van der Waals surface area contributed by atoms with Gasteiger partial charge >= 0.3 is 0 Å². The predicted octanol–water partition coefficient (Wildman–Crippen LogP) is 4.39. The van der Waals surface area contributed by atoms with Crippen molar-refractivity contribution in [3.8, 4) is 11.8 Å². The summed E-state index contributed by atoms with van der Waals surface area (Å²) in [5.41, 5.74) is 3.03. The van der Waals surface area contributed by atoms with Crippen molar-refractivity contribution in [2.45, 2.75) is 13.8 Å². The molecule has 2 heterocycles. The fraction of sp³-hybridized carbons (Fsp3) is 0.269. The molecule has 0 radical (unpaired) electrons. The average Bonchev–Trinajstić information content (AvgIpc) is 3.27. The smallest absolute Gasteiger partial charge is 0.253 e. The molecular weight excluding hydrogens is 416 g/mol. The van der Waals surface area contributed by atoms with Crippen LogP contribution in [0, 0.1) is 18.3 Å². The second-order valence-electron chi connectivity index (χ2n) is 7.80. The van der Waals surface area contributed by atoms with Crippen LogP contribution in [-0.4, -0.2) is 48.6 Å². The molecule has 1 aliphatic rings. The van der Waals surface area contributed by atoms with E-state index < -0.39 is 0 Å². The second kappa shape index (κ2) is 10.0. The van der Waals surface area contributed by atoms with Crippen molar-refractivity contribution in [3.63, 3.8) is 0 Å². The van der Waals surface area contributed by atoms with Gasteiger partial charge in [0.2, 0.25) is 17.5 Å². The summed E-state index contributed by atoms with van der Waals surface area (Å²) in [6, 6.07) is 17.4. The van der Waals surface area contributed by atoms with Gasteiger partial charge in [-0.2, -0.15) is 10.2 Å². The molecule has 0 spiro atoms. The van der Waals surface area contributed by atoms with Gasteiger partial charge < -0.3 is 19.0 Å². The number of hydrogen-bond acceptors (Lipinski definition) is 6. The number of piperazine rings is 1. The van der Waals surface area contributed by atoms with Crippen molar-refractivity contribution in [2.75, 3.05) is 37.7 Å². The first kappa shape index (κ1) is 22.2. The van der Waals surface area contributed by atoms with Gasteiger partial charge in [0, 0.05) is 37.8 Å². The Labute approximate surface area is 193 Å². The zero-order valence-electron chi connectivity index (χ0n) is 18.8. The summed E-state index contributed by atoms with van der Waals surface area (Å²) in [4.78, 5) is 20.9. The van der Waals surface area contributed by atoms with E-state index in [0.29, 0.717) is 50.1 Å². The Hall–Kier alpha value is -4.05. The van der Waals surface area contributed by atoms with Crippen LogP contribution in [0.1, 0.15) is 40.0 Å². The van der Waals surface area contributed by atoms with Crippen molar-refractivity contribution in [1.82, 2.24) is 9.88 Å².